The number of aromatic amines is 2. The molecule has 0 radical (unpaired) electrons. The molecule has 5 aromatic rings. The quantitative estimate of drug-likeness (QED) is 0.215. The molecule has 0 aliphatic rings. The molecule has 0 aliphatic carbocycles. The minimum Gasteiger partial charge on any atom is -0.358 e. The van der Waals surface area contributed by atoms with Gasteiger partial charge in [-0.05, 0) is 65.8 Å². The molecule has 40 heavy (non-hydrogen) atoms. The average Bonchev–Trinajstić information content (AvgIpc) is 3.49. The van der Waals surface area contributed by atoms with E-state index in [0.29, 0.717) is 5.69 Å². The van der Waals surface area contributed by atoms with Gasteiger partial charge in [-0.1, -0.05) is 52.1 Å². The predicted molar refractivity (Wildman–Crippen MR) is 163 cm³/mol. The second-order valence-electron chi connectivity index (χ2n) is 11.3. The van der Waals surface area contributed by atoms with Crippen LogP contribution in [0.3, 0.4) is 0 Å². The van der Waals surface area contributed by atoms with Crippen molar-refractivity contribution in [3.05, 3.63) is 101 Å². The van der Waals surface area contributed by atoms with Crippen molar-refractivity contribution in [1.29, 1.82) is 0 Å². The van der Waals surface area contributed by atoms with E-state index in [2.05, 4.69) is 70.5 Å². The lowest BCUT2D eigenvalue weighted by Gasteiger charge is -2.20. The number of hydrogen-bond acceptors (Lipinski definition) is 4. The molecule has 0 unspecified atom stereocenters. The molecule has 0 spiro atoms. The molecule has 7 heteroatoms. The third-order valence-electron chi connectivity index (χ3n) is 6.59. The van der Waals surface area contributed by atoms with Crippen LogP contribution in [-0.2, 0) is 0 Å². The lowest BCUT2D eigenvalue weighted by atomic mass is 9.91. The minimum absolute atomic E-state index is 0.155. The summed E-state index contributed by atoms with van der Waals surface area (Å²) < 4.78 is 13.9. The Kier molecular flexibility index (Phi) is 7.22. The molecule has 0 atom stereocenters. The average molecular weight is 533 g/mol. The Morgan fingerprint density at radius 2 is 1.88 bits per heavy atom. The standard InChI is InChI=1S/C33H33FN6/c1-20(24-13-26(17-35-16-24)37-21(2)15-33(4,5)6)10-11-29-22(3)32(40-39-29)30-14-27-28(18-36-19-31(27)38-30)23-8-7-9-25(34)12-23/h7-14,16-19,37-39H,2-3,15H2,1,4-6H3/b20-10+,29-11+. The van der Waals surface area contributed by atoms with Crippen molar-refractivity contribution in [2.75, 3.05) is 5.32 Å². The van der Waals surface area contributed by atoms with Crippen LogP contribution >= 0.6 is 0 Å². The minimum atomic E-state index is -0.286. The number of anilines is 1. The fourth-order valence-corrected chi connectivity index (χ4v) is 4.72. The molecular formula is C33H33FN6. The number of H-pyrrole nitrogens is 2. The Morgan fingerprint density at radius 3 is 2.65 bits per heavy atom. The monoisotopic (exact) mass is 532 g/mol. The highest BCUT2D eigenvalue weighted by molar-refractivity contribution is 5.97. The SMILES string of the molecule is C=C(CC(C)(C)C)Nc1cncc(/C(C)=C/C=c2/[nH]nc(-c3cc4c(-c5cccc(F)c5)cncc4[nH]3)c2=C)c1. The number of halogens is 1. The number of rotatable bonds is 7. The Morgan fingerprint density at radius 1 is 1.07 bits per heavy atom. The highest BCUT2D eigenvalue weighted by Gasteiger charge is 2.13. The van der Waals surface area contributed by atoms with Gasteiger partial charge in [0, 0.05) is 34.3 Å². The summed E-state index contributed by atoms with van der Waals surface area (Å²) in [6.07, 6.45) is 12.0. The number of pyridine rings is 2. The number of allylic oxidation sites excluding steroid dienone is 3. The van der Waals surface area contributed by atoms with Gasteiger partial charge < -0.3 is 10.3 Å². The van der Waals surface area contributed by atoms with Gasteiger partial charge in [0.15, 0.2) is 0 Å². The fourth-order valence-electron chi connectivity index (χ4n) is 4.72. The van der Waals surface area contributed by atoms with E-state index >= 15 is 0 Å². The van der Waals surface area contributed by atoms with E-state index in [4.69, 9.17) is 0 Å². The van der Waals surface area contributed by atoms with Crippen molar-refractivity contribution in [1.82, 2.24) is 25.1 Å². The molecule has 3 N–H and O–H groups in total. The van der Waals surface area contributed by atoms with Crippen LogP contribution in [0, 0.1) is 11.2 Å². The van der Waals surface area contributed by atoms with Gasteiger partial charge in [0.05, 0.1) is 34.6 Å². The van der Waals surface area contributed by atoms with E-state index in [1.54, 1.807) is 24.7 Å². The topological polar surface area (TPSA) is 82.3 Å². The van der Waals surface area contributed by atoms with Gasteiger partial charge in [-0.3, -0.25) is 15.1 Å². The van der Waals surface area contributed by atoms with Crippen molar-refractivity contribution < 1.29 is 4.39 Å². The highest BCUT2D eigenvalue weighted by atomic mass is 19.1. The van der Waals surface area contributed by atoms with Crippen LogP contribution in [-0.4, -0.2) is 25.1 Å². The molecule has 4 aromatic heterocycles. The molecule has 5 rings (SSSR count). The summed E-state index contributed by atoms with van der Waals surface area (Å²) in [6, 6.07) is 10.6. The molecule has 0 amide bonds. The zero-order valence-corrected chi connectivity index (χ0v) is 23.3. The summed E-state index contributed by atoms with van der Waals surface area (Å²) in [6.45, 7) is 17.0. The Bertz CT molecular complexity index is 1850. The summed E-state index contributed by atoms with van der Waals surface area (Å²) >= 11 is 0. The maximum absolute atomic E-state index is 13.9. The summed E-state index contributed by atoms with van der Waals surface area (Å²) in [5.74, 6) is -0.286. The summed E-state index contributed by atoms with van der Waals surface area (Å²) in [5, 5.41) is 13.5. The van der Waals surface area contributed by atoms with Gasteiger partial charge in [0.25, 0.3) is 0 Å². The van der Waals surface area contributed by atoms with E-state index < -0.39 is 0 Å². The number of fused-ring (bicyclic) bond motifs is 1. The van der Waals surface area contributed by atoms with Crippen molar-refractivity contribution in [3.8, 4) is 22.5 Å². The van der Waals surface area contributed by atoms with Gasteiger partial charge >= 0.3 is 0 Å². The number of benzene rings is 1. The van der Waals surface area contributed by atoms with E-state index in [9.17, 15) is 4.39 Å². The summed E-state index contributed by atoms with van der Waals surface area (Å²) in [5.41, 5.74) is 8.04. The molecule has 0 saturated carbocycles. The second-order valence-corrected chi connectivity index (χ2v) is 11.3. The zero-order chi connectivity index (χ0) is 28.4. The first-order valence-electron chi connectivity index (χ1n) is 13.1. The van der Waals surface area contributed by atoms with Crippen LogP contribution in [0.4, 0.5) is 10.1 Å². The third kappa shape index (κ3) is 5.94. The van der Waals surface area contributed by atoms with Gasteiger partial charge in [-0.25, -0.2) is 4.39 Å². The Balaban J connectivity index is 1.41. The number of hydrogen-bond donors (Lipinski definition) is 3. The van der Waals surface area contributed by atoms with E-state index in [0.717, 1.165) is 67.2 Å². The largest absolute Gasteiger partial charge is 0.358 e. The maximum atomic E-state index is 13.9. The van der Waals surface area contributed by atoms with Gasteiger partial charge in [-0.15, -0.1) is 0 Å². The molecule has 0 bridgehead atoms. The maximum Gasteiger partial charge on any atom is 0.123 e. The van der Waals surface area contributed by atoms with Crippen molar-refractivity contribution >= 4 is 34.8 Å². The molecule has 1 aromatic carbocycles. The summed E-state index contributed by atoms with van der Waals surface area (Å²) in [7, 11) is 0. The number of nitrogens with zero attached hydrogens (tertiary/aromatic N) is 3. The van der Waals surface area contributed by atoms with Crippen molar-refractivity contribution in [2.45, 2.75) is 34.1 Å². The van der Waals surface area contributed by atoms with Gasteiger partial charge in [0.1, 0.15) is 11.5 Å². The van der Waals surface area contributed by atoms with Gasteiger partial charge in [-0.2, -0.15) is 5.10 Å². The Hall–Kier alpha value is -4.78. The van der Waals surface area contributed by atoms with Crippen LogP contribution in [0.15, 0.2) is 79.5 Å². The van der Waals surface area contributed by atoms with Crippen LogP contribution in [0.25, 0.3) is 51.6 Å². The first-order valence-corrected chi connectivity index (χ1v) is 13.1. The van der Waals surface area contributed by atoms with Crippen LogP contribution in [0.5, 0.6) is 0 Å². The zero-order valence-electron chi connectivity index (χ0n) is 23.3. The van der Waals surface area contributed by atoms with Crippen LogP contribution in [0.2, 0.25) is 0 Å². The van der Waals surface area contributed by atoms with Crippen LogP contribution in [0.1, 0.15) is 39.7 Å². The third-order valence-corrected chi connectivity index (χ3v) is 6.59. The van der Waals surface area contributed by atoms with E-state index in [-0.39, 0.29) is 11.2 Å². The molecule has 0 aliphatic heterocycles. The molecule has 0 fully saturated rings. The van der Waals surface area contributed by atoms with Crippen LogP contribution < -0.4 is 15.9 Å². The lowest BCUT2D eigenvalue weighted by Crippen LogP contribution is -2.21. The normalized spacial score (nSPS) is 12.7. The molecule has 4 heterocycles. The molecular weight excluding hydrogens is 499 g/mol. The molecule has 6 nitrogen and oxygen atoms in total. The summed E-state index contributed by atoms with van der Waals surface area (Å²) in [4.78, 5) is 12.1. The number of aromatic nitrogens is 5. The number of nitrogens with one attached hydrogen (secondary N) is 3. The lowest BCUT2D eigenvalue weighted by molar-refractivity contribution is 0.411. The molecule has 202 valence electrons. The first kappa shape index (κ1) is 26.8. The first-order chi connectivity index (χ1) is 19.1. The fraction of sp³-hybridized carbons (Fsp3) is 0.182. The second kappa shape index (κ2) is 10.8. The van der Waals surface area contributed by atoms with Gasteiger partial charge in [0.2, 0.25) is 0 Å². The highest BCUT2D eigenvalue weighted by Crippen LogP contribution is 2.30. The molecule has 0 saturated heterocycles. The Labute approximate surface area is 233 Å². The predicted octanol–water partition coefficient (Wildman–Crippen LogP) is 6.81. The van der Waals surface area contributed by atoms with Crippen molar-refractivity contribution in [3.63, 3.8) is 0 Å². The van der Waals surface area contributed by atoms with Crippen molar-refractivity contribution in [2.24, 2.45) is 5.41 Å². The van der Waals surface area contributed by atoms with E-state index in [1.165, 1.54) is 12.1 Å². The van der Waals surface area contributed by atoms with E-state index in [1.807, 2.05) is 37.4 Å². The smallest absolute Gasteiger partial charge is 0.123 e.